The Morgan fingerprint density at radius 1 is 1.12 bits per heavy atom. The van der Waals surface area contributed by atoms with Crippen molar-refractivity contribution in [1.29, 1.82) is 0 Å². The Bertz CT molecular complexity index is 517. The molecule has 0 aliphatic heterocycles. The standard InChI is InChI=1S/C15H20N2/c1-11(2)17(3)10-14-8-12-6-4-5-7-13(12)9-15(14)16/h4-9,11H,10,16H2,1-3H3. The number of hydrogen-bond donors (Lipinski definition) is 1. The number of benzene rings is 2. The highest BCUT2D eigenvalue weighted by molar-refractivity contribution is 5.86. The lowest BCUT2D eigenvalue weighted by molar-refractivity contribution is 0.266. The van der Waals surface area contributed by atoms with Gasteiger partial charge < -0.3 is 5.73 Å². The summed E-state index contributed by atoms with van der Waals surface area (Å²) in [5.74, 6) is 0. The summed E-state index contributed by atoms with van der Waals surface area (Å²) in [6.45, 7) is 5.28. The third-order valence-corrected chi connectivity index (χ3v) is 3.31. The van der Waals surface area contributed by atoms with Crippen LogP contribution in [0.1, 0.15) is 19.4 Å². The molecule has 2 rings (SSSR count). The van der Waals surface area contributed by atoms with Crippen LogP contribution in [0.5, 0.6) is 0 Å². The minimum Gasteiger partial charge on any atom is -0.398 e. The largest absolute Gasteiger partial charge is 0.398 e. The van der Waals surface area contributed by atoms with E-state index in [2.05, 4.69) is 56.1 Å². The zero-order valence-corrected chi connectivity index (χ0v) is 10.8. The topological polar surface area (TPSA) is 29.3 Å². The number of nitrogens with zero attached hydrogens (tertiary/aromatic N) is 1. The molecular formula is C15H20N2. The molecule has 2 nitrogen and oxygen atoms in total. The number of rotatable bonds is 3. The van der Waals surface area contributed by atoms with Crippen LogP contribution in [0.15, 0.2) is 36.4 Å². The SMILES string of the molecule is CC(C)N(C)Cc1cc2ccccc2cc1N. The summed E-state index contributed by atoms with van der Waals surface area (Å²) in [6, 6.07) is 13.1. The van der Waals surface area contributed by atoms with Crippen molar-refractivity contribution in [2.24, 2.45) is 0 Å². The van der Waals surface area contributed by atoms with Crippen LogP contribution in [0.4, 0.5) is 5.69 Å². The number of anilines is 1. The van der Waals surface area contributed by atoms with Gasteiger partial charge in [0.05, 0.1) is 0 Å². The minimum atomic E-state index is 0.529. The van der Waals surface area contributed by atoms with Gasteiger partial charge in [-0.1, -0.05) is 24.3 Å². The number of hydrogen-bond acceptors (Lipinski definition) is 2. The van der Waals surface area contributed by atoms with E-state index < -0.39 is 0 Å². The van der Waals surface area contributed by atoms with Crippen LogP contribution in [0, 0.1) is 0 Å². The predicted molar refractivity (Wildman–Crippen MR) is 75.0 cm³/mol. The van der Waals surface area contributed by atoms with E-state index in [0.29, 0.717) is 6.04 Å². The zero-order chi connectivity index (χ0) is 12.4. The molecule has 0 aliphatic rings. The fraction of sp³-hybridized carbons (Fsp3) is 0.333. The highest BCUT2D eigenvalue weighted by atomic mass is 15.1. The Labute approximate surface area is 103 Å². The van der Waals surface area contributed by atoms with Gasteiger partial charge in [-0.15, -0.1) is 0 Å². The monoisotopic (exact) mass is 228 g/mol. The molecule has 0 saturated heterocycles. The molecule has 0 bridgehead atoms. The molecular weight excluding hydrogens is 208 g/mol. The van der Waals surface area contributed by atoms with Crippen molar-refractivity contribution in [1.82, 2.24) is 4.90 Å². The Hall–Kier alpha value is -1.54. The van der Waals surface area contributed by atoms with Crippen LogP contribution >= 0.6 is 0 Å². The molecule has 2 aromatic carbocycles. The number of nitrogen functional groups attached to an aromatic ring is 1. The third kappa shape index (κ3) is 2.59. The maximum atomic E-state index is 6.11. The molecule has 0 aliphatic carbocycles. The second kappa shape index (κ2) is 4.76. The van der Waals surface area contributed by atoms with Gasteiger partial charge in [-0.2, -0.15) is 0 Å². The summed E-state index contributed by atoms with van der Waals surface area (Å²) in [7, 11) is 2.12. The number of nitrogens with two attached hydrogens (primary N) is 1. The summed E-state index contributed by atoms with van der Waals surface area (Å²) in [4.78, 5) is 2.29. The fourth-order valence-electron chi connectivity index (χ4n) is 1.89. The van der Waals surface area contributed by atoms with Crippen LogP contribution < -0.4 is 5.73 Å². The van der Waals surface area contributed by atoms with Crippen molar-refractivity contribution in [2.45, 2.75) is 26.4 Å². The Morgan fingerprint density at radius 3 is 2.29 bits per heavy atom. The second-order valence-electron chi connectivity index (χ2n) is 4.91. The van der Waals surface area contributed by atoms with E-state index >= 15 is 0 Å². The Balaban J connectivity index is 2.37. The van der Waals surface area contributed by atoms with Gasteiger partial charge in [-0.3, -0.25) is 4.90 Å². The molecule has 0 atom stereocenters. The summed E-state index contributed by atoms with van der Waals surface area (Å²) in [6.07, 6.45) is 0. The van der Waals surface area contributed by atoms with Crippen molar-refractivity contribution in [2.75, 3.05) is 12.8 Å². The Kier molecular flexibility index (Phi) is 3.34. The van der Waals surface area contributed by atoms with E-state index in [-0.39, 0.29) is 0 Å². The van der Waals surface area contributed by atoms with Gasteiger partial charge in [0.15, 0.2) is 0 Å². The summed E-state index contributed by atoms with van der Waals surface area (Å²) >= 11 is 0. The predicted octanol–water partition coefficient (Wildman–Crippen LogP) is 3.26. The summed E-state index contributed by atoms with van der Waals surface area (Å²) in [5, 5.41) is 2.47. The molecule has 2 aromatic rings. The first-order valence-corrected chi connectivity index (χ1v) is 6.05. The van der Waals surface area contributed by atoms with E-state index in [4.69, 9.17) is 5.73 Å². The second-order valence-corrected chi connectivity index (χ2v) is 4.91. The molecule has 0 unspecified atom stereocenters. The van der Waals surface area contributed by atoms with E-state index in [1.807, 2.05) is 6.07 Å². The van der Waals surface area contributed by atoms with Crippen molar-refractivity contribution in [3.8, 4) is 0 Å². The van der Waals surface area contributed by atoms with Gasteiger partial charge in [-0.25, -0.2) is 0 Å². The first kappa shape index (κ1) is 11.9. The first-order chi connectivity index (χ1) is 8.08. The number of fused-ring (bicyclic) bond motifs is 1. The lowest BCUT2D eigenvalue weighted by atomic mass is 10.0. The van der Waals surface area contributed by atoms with E-state index in [0.717, 1.165) is 12.2 Å². The van der Waals surface area contributed by atoms with Crippen LogP contribution in [-0.2, 0) is 6.54 Å². The van der Waals surface area contributed by atoms with Gasteiger partial charge in [-0.05, 0) is 49.4 Å². The van der Waals surface area contributed by atoms with Crippen LogP contribution in [0.2, 0.25) is 0 Å². The molecule has 0 radical (unpaired) electrons. The average molecular weight is 228 g/mol. The summed E-state index contributed by atoms with van der Waals surface area (Å²) in [5.41, 5.74) is 8.20. The van der Waals surface area contributed by atoms with Gasteiger partial charge in [0.2, 0.25) is 0 Å². The molecule has 0 aromatic heterocycles. The average Bonchev–Trinajstić information content (AvgIpc) is 2.29. The van der Waals surface area contributed by atoms with Crippen molar-refractivity contribution in [3.05, 3.63) is 42.0 Å². The smallest absolute Gasteiger partial charge is 0.0366 e. The van der Waals surface area contributed by atoms with Crippen molar-refractivity contribution < 1.29 is 0 Å². The van der Waals surface area contributed by atoms with Gasteiger partial charge in [0.1, 0.15) is 0 Å². The first-order valence-electron chi connectivity index (χ1n) is 6.05. The molecule has 90 valence electrons. The van der Waals surface area contributed by atoms with Gasteiger partial charge >= 0.3 is 0 Å². The lowest BCUT2D eigenvalue weighted by Gasteiger charge is -2.22. The molecule has 0 amide bonds. The Morgan fingerprint density at radius 2 is 1.71 bits per heavy atom. The maximum Gasteiger partial charge on any atom is 0.0366 e. The van der Waals surface area contributed by atoms with Crippen molar-refractivity contribution >= 4 is 16.5 Å². The molecule has 0 saturated carbocycles. The van der Waals surface area contributed by atoms with Crippen LogP contribution in [0.3, 0.4) is 0 Å². The lowest BCUT2D eigenvalue weighted by Crippen LogP contribution is -2.26. The van der Waals surface area contributed by atoms with Crippen LogP contribution in [0.25, 0.3) is 10.8 Å². The highest BCUT2D eigenvalue weighted by Gasteiger charge is 2.07. The molecule has 2 heteroatoms. The molecule has 0 spiro atoms. The molecule has 2 N–H and O–H groups in total. The van der Waals surface area contributed by atoms with Crippen molar-refractivity contribution in [3.63, 3.8) is 0 Å². The van der Waals surface area contributed by atoms with E-state index in [1.165, 1.54) is 16.3 Å². The molecule has 17 heavy (non-hydrogen) atoms. The maximum absolute atomic E-state index is 6.11. The minimum absolute atomic E-state index is 0.529. The fourth-order valence-corrected chi connectivity index (χ4v) is 1.89. The molecule has 0 heterocycles. The van der Waals surface area contributed by atoms with Gasteiger partial charge in [0, 0.05) is 18.3 Å². The third-order valence-electron chi connectivity index (χ3n) is 3.31. The van der Waals surface area contributed by atoms with Gasteiger partial charge in [0.25, 0.3) is 0 Å². The van der Waals surface area contributed by atoms with E-state index in [9.17, 15) is 0 Å². The highest BCUT2D eigenvalue weighted by Crippen LogP contribution is 2.23. The zero-order valence-electron chi connectivity index (χ0n) is 10.8. The molecule has 0 fully saturated rings. The summed E-state index contributed by atoms with van der Waals surface area (Å²) < 4.78 is 0. The normalized spacial score (nSPS) is 11.6. The quantitative estimate of drug-likeness (QED) is 0.817. The van der Waals surface area contributed by atoms with E-state index in [1.54, 1.807) is 0 Å². The van der Waals surface area contributed by atoms with Crippen LogP contribution in [-0.4, -0.2) is 18.0 Å².